The molecule has 0 aliphatic heterocycles. The number of hydrogen-bond acceptors (Lipinski definition) is 3. The summed E-state index contributed by atoms with van der Waals surface area (Å²) < 4.78 is 24.4. The molecular formula is H4MnNO3V. The number of rotatable bonds is 0. The van der Waals surface area contributed by atoms with Gasteiger partial charge < -0.3 is 6.15 Å². The maximum atomic E-state index is 8.67. The van der Waals surface area contributed by atoms with Gasteiger partial charge >= 0.3 is 26.8 Å². The molecule has 0 bridgehead atoms. The van der Waals surface area contributed by atoms with Gasteiger partial charge in [0.2, 0.25) is 0 Å². The molecule has 0 heterocycles. The van der Waals surface area contributed by atoms with Crippen LogP contribution in [-0.4, -0.2) is 4.03 Å². The normalized spacial score (nSPS) is 4.17. The molecule has 0 saturated carbocycles. The van der Waals surface area contributed by atoms with E-state index in [4.69, 9.17) is 11.4 Å². The van der Waals surface area contributed by atoms with Gasteiger partial charge in [0, 0.05) is 17.1 Å². The average Bonchev–Trinajstić information content (AvgIpc) is 0.811. The Hall–Kier alpha value is 0.624. The van der Waals surface area contributed by atoms with Gasteiger partial charge in [0.15, 0.2) is 0 Å². The average molecular weight is 172 g/mol. The topological polar surface area (TPSA) is 89.4 Å². The summed E-state index contributed by atoms with van der Waals surface area (Å²) in [7, 11) is 0. The van der Waals surface area contributed by atoms with Crippen molar-refractivity contribution in [1.82, 2.24) is 6.15 Å². The Morgan fingerprint density at radius 1 is 1.33 bits per heavy atom. The van der Waals surface area contributed by atoms with Crippen molar-refractivity contribution in [2.75, 3.05) is 0 Å². The fraction of sp³-hybridized carbons (Fsp3) is 0. The first-order chi connectivity index (χ1) is 1.73. The molecule has 0 aromatic carbocycles. The van der Waals surface area contributed by atoms with E-state index in [9.17, 15) is 0 Å². The van der Waals surface area contributed by atoms with Crippen molar-refractivity contribution in [3.63, 3.8) is 0 Å². The van der Waals surface area contributed by atoms with Crippen LogP contribution in [0.15, 0.2) is 0 Å². The van der Waals surface area contributed by atoms with E-state index < -0.39 is 15.4 Å². The van der Waals surface area contributed by atoms with Crippen LogP contribution in [0, 0.1) is 0 Å². The predicted molar refractivity (Wildman–Crippen MR) is 8.61 cm³/mol. The molecule has 4 nitrogen and oxygen atoms in total. The van der Waals surface area contributed by atoms with Crippen molar-refractivity contribution in [3.05, 3.63) is 0 Å². The van der Waals surface area contributed by atoms with Crippen LogP contribution >= 0.6 is 0 Å². The van der Waals surface area contributed by atoms with Gasteiger partial charge in [-0.3, -0.25) is 0 Å². The monoisotopic (exact) mass is 172 g/mol. The summed E-state index contributed by atoms with van der Waals surface area (Å²) in [5, 5.41) is 0. The van der Waals surface area contributed by atoms with Crippen molar-refractivity contribution in [1.29, 1.82) is 0 Å². The van der Waals surface area contributed by atoms with Crippen LogP contribution in [0.25, 0.3) is 0 Å². The van der Waals surface area contributed by atoms with Gasteiger partial charge in [-0.15, -0.1) is 0 Å². The fourth-order valence-electron chi connectivity index (χ4n) is 0. The van der Waals surface area contributed by atoms with Crippen LogP contribution in [0.5, 0.6) is 0 Å². The van der Waals surface area contributed by atoms with Crippen molar-refractivity contribution in [2.45, 2.75) is 0 Å². The molecule has 0 saturated heterocycles. The minimum absolute atomic E-state index is 0. The molecule has 0 atom stereocenters. The molecule has 0 amide bonds. The number of hydrogen-bond donors (Lipinski definition) is 2. The third-order valence-electron chi connectivity index (χ3n) is 0. The van der Waals surface area contributed by atoms with Crippen LogP contribution in [0.1, 0.15) is 0 Å². The molecule has 0 unspecified atom stereocenters. The van der Waals surface area contributed by atoms with Gasteiger partial charge in [-0.2, -0.15) is 0 Å². The van der Waals surface area contributed by atoms with Crippen molar-refractivity contribution in [3.8, 4) is 0 Å². The Morgan fingerprint density at radius 2 is 1.33 bits per heavy atom. The Bertz CT molecular complexity index is 59.2. The van der Waals surface area contributed by atoms with Crippen LogP contribution in [0.2, 0.25) is 0 Å². The molecule has 6 heavy (non-hydrogen) atoms. The Morgan fingerprint density at radius 3 is 1.33 bits per heavy atom. The van der Waals surface area contributed by atoms with Crippen LogP contribution in [0.4, 0.5) is 0 Å². The molecule has 0 aliphatic rings. The van der Waals surface area contributed by atoms with E-state index in [1.54, 1.807) is 0 Å². The van der Waals surface area contributed by atoms with Gasteiger partial charge in [0.25, 0.3) is 0 Å². The van der Waals surface area contributed by atoms with Crippen LogP contribution in [-0.2, 0) is 39.8 Å². The second-order valence-electron chi connectivity index (χ2n) is 0.238. The molecule has 0 aromatic rings. The van der Waals surface area contributed by atoms with E-state index in [-0.39, 0.29) is 23.2 Å². The summed E-state index contributed by atoms with van der Waals surface area (Å²) in [6.07, 6.45) is 0. The second kappa shape index (κ2) is 9.16. The zero-order valence-corrected chi connectivity index (χ0v) is 5.37. The van der Waals surface area contributed by atoms with E-state index in [0.717, 1.165) is 0 Å². The van der Waals surface area contributed by atoms with E-state index in [2.05, 4.69) is 0 Å². The standard InChI is InChI=1S/Mn.H3N.H2O.2O.V/h;1H3;1H2;;;/q;;;;;+1/p-1. The quantitative estimate of drug-likeness (QED) is 0.475. The van der Waals surface area contributed by atoms with Gasteiger partial charge in [-0.05, 0) is 0 Å². The van der Waals surface area contributed by atoms with Gasteiger partial charge in [-0.1, -0.05) is 0 Å². The summed E-state index contributed by atoms with van der Waals surface area (Å²) in [4.78, 5) is 0. The molecule has 1 radical (unpaired) electrons. The molecule has 0 aliphatic carbocycles. The first kappa shape index (κ1) is 16.0. The van der Waals surface area contributed by atoms with E-state index in [1.807, 2.05) is 0 Å². The van der Waals surface area contributed by atoms with Crippen molar-refractivity contribution in [2.24, 2.45) is 0 Å². The summed E-state index contributed by atoms with van der Waals surface area (Å²) in [5.74, 6) is 0. The summed E-state index contributed by atoms with van der Waals surface area (Å²) in [6, 6.07) is 0. The zero-order valence-electron chi connectivity index (χ0n) is 2.80. The molecule has 0 rings (SSSR count). The van der Waals surface area contributed by atoms with E-state index in [1.165, 1.54) is 0 Å². The molecule has 0 aromatic heterocycles. The maximum absolute atomic E-state index is 8.67. The van der Waals surface area contributed by atoms with E-state index >= 15 is 0 Å². The molecule has 39 valence electrons. The molecule has 0 spiro atoms. The summed E-state index contributed by atoms with van der Waals surface area (Å²) in [5.41, 5.74) is 0. The minimum atomic E-state index is -3.69. The molecule has 0 fully saturated rings. The van der Waals surface area contributed by atoms with Gasteiger partial charge in [0.1, 0.15) is 0 Å². The second-order valence-corrected chi connectivity index (χ2v) is 0.981. The Kier molecular flexibility index (Phi) is 24.3. The van der Waals surface area contributed by atoms with Crippen molar-refractivity contribution >= 4 is 0 Å². The van der Waals surface area contributed by atoms with Gasteiger partial charge in [0.05, 0.1) is 0 Å². The first-order valence-corrected chi connectivity index (χ1v) is 2.33. The zero-order chi connectivity index (χ0) is 3.58. The summed E-state index contributed by atoms with van der Waals surface area (Å²) >= 11 is -3.69. The molecule has 4 N–H and O–H groups in total. The predicted octanol–water partition coefficient (Wildman–Crippen LogP) is -0.638. The summed E-state index contributed by atoms with van der Waals surface area (Å²) in [6.45, 7) is 0. The van der Waals surface area contributed by atoms with E-state index in [0.29, 0.717) is 0 Å². The molecule has 6 heteroatoms. The van der Waals surface area contributed by atoms with Crippen molar-refractivity contribution < 1.29 is 43.8 Å². The fourth-order valence-corrected chi connectivity index (χ4v) is 0. The SMILES string of the molecule is N.[Mn].[O]=[V](=[O])[OH]. The molecular weight excluding hydrogens is 168 g/mol. The van der Waals surface area contributed by atoms with Crippen LogP contribution in [0.3, 0.4) is 0 Å². The Balaban J connectivity index is -0.0000000450. The van der Waals surface area contributed by atoms with Crippen LogP contribution < -0.4 is 6.15 Å². The third-order valence-corrected chi connectivity index (χ3v) is 0. The third kappa shape index (κ3) is 156. The van der Waals surface area contributed by atoms with Gasteiger partial charge in [-0.25, -0.2) is 0 Å². The Labute approximate surface area is 50.3 Å². The first-order valence-electron chi connectivity index (χ1n) is 0.565.